The van der Waals surface area contributed by atoms with Gasteiger partial charge < -0.3 is 4.42 Å². The van der Waals surface area contributed by atoms with Gasteiger partial charge in [-0.2, -0.15) is 0 Å². The Morgan fingerprint density at radius 1 is 1.43 bits per heavy atom. The second kappa shape index (κ2) is 3.46. The molecule has 0 saturated carbocycles. The van der Waals surface area contributed by atoms with Gasteiger partial charge in [-0.1, -0.05) is 23.4 Å². The fourth-order valence-electron chi connectivity index (χ4n) is 1.25. The molecule has 14 heavy (non-hydrogen) atoms. The van der Waals surface area contributed by atoms with Crippen molar-refractivity contribution < 1.29 is 4.42 Å². The first-order valence-electron chi connectivity index (χ1n) is 4.16. The molecule has 1 heterocycles. The highest BCUT2D eigenvalue weighted by atomic mass is 32.2. The Morgan fingerprint density at radius 3 is 2.93 bits per heavy atom. The van der Waals surface area contributed by atoms with Crippen LogP contribution in [0.3, 0.4) is 0 Å². The van der Waals surface area contributed by atoms with Crippen molar-refractivity contribution in [3.05, 3.63) is 34.2 Å². The SMILES string of the molecule is CSc1nc2ccc(C)cc2c(=O)o1. The minimum atomic E-state index is -0.317. The summed E-state index contributed by atoms with van der Waals surface area (Å²) >= 11 is 1.32. The average molecular weight is 207 g/mol. The molecular weight excluding hydrogens is 198 g/mol. The zero-order valence-corrected chi connectivity index (χ0v) is 8.72. The fraction of sp³-hybridized carbons (Fsp3) is 0.200. The number of benzene rings is 1. The zero-order valence-electron chi connectivity index (χ0n) is 7.90. The Hall–Kier alpha value is -1.29. The normalized spacial score (nSPS) is 10.7. The molecule has 0 atom stereocenters. The van der Waals surface area contributed by atoms with Crippen molar-refractivity contribution in [1.29, 1.82) is 0 Å². The van der Waals surface area contributed by atoms with Gasteiger partial charge in [0.05, 0.1) is 10.9 Å². The van der Waals surface area contributed by atoms with E-state index in [4.69, 9.17) is 4.42 Å². The van der Waals surface area contributed by atoms with E-state index < -0.39 is 0 Å². The van der Waals surface area contributed by atoms with E-state index in [1.165, 1.54) is 11.8 Å². The van der Waals surface area contributed by atoms with Crippen LogP contribution in [-0.4, -0.2) is 11.2 Å². The molecule has 3 nitrogen and oxygen atoms in total. The summed E-state index contributed by atoms with van der Waals surface area (Å²) < 4.78 is 4.99. The molecule has 4 heteroatoms. The van der Waals surface area contributed by atoms with Crippen LogP contribution in [0.1, 0.15) is 5.56 Å². The van der Waals surface area contributed by atoms with Crippen LogP contribution in [0.4, 0.5) is 0 Å². The Kier molecular flexibility index (Phi) is 2.29. The van der Waals surface area contributed by atoms with Gasteiger partial charge in [-0.15, -0.1) is 0 Å². The number of aromatic nitrogens is 1. The van der Waals surface area contributed by atoms with Gasteiger partial charge in [0.25, 0.3) is 5.22 Å². The maximum atomic E-state index is 11.5. The van der Waals surface area contributed by atoms with Crippen LogP contribution in [0.15, 0.2) is 32.6 Å². The molecule has 0 bridgehead atoms. The van der Waals surface area contributed by atoms with E-state index in [0.29, 0.717) is 16.1 Å². The molecule has 1 aromatic carbocycles. The molecule has 0 radical (unpaired) electrons. The number of aryl methyl sites for hydroxylation is 1. The van der Waals surface area contributed by atoms with Gasteiger partial charge in [0.2, 0.25) is 0 Å². The number of rotatable bonds is 1. The first-order chi connectivity index (χ1) is 6.70. The van der Waals surface area contributed by atoms with Crippen molar-refractivity contribution in [1.82, 2.24) is 4.98 Å². The van der Waals surface area contributed by atoms with Gasteiger partial charge in [0, 0.05) is 0 Å². The first kappa shape index (κ1) is 9.27. The summed E-state index contributed by atoms with van der Waals surface area (Å²) in [4.78, 5) is 15.7. The summed E-state index contributed by atoms with van der Waals surface area (Å²) in [5.41, 5.74) is 1.41. The van der Waals surface area contributed by atoms with Gasteiger partial charge in [0.1, 0.15) is 0 Å². The Balaban J connectivity index is 2.83. The van der Waals surface area contributed by atoms with E-state index in [0.717, 1.165) is 5.56 Å². The van der Waals surface area contributed by atoms with E-state index >= 15 is 0 Å². The summed E-state index contributed by atoms with van der Waals surface area (Å²) in [5.74, 6) is 0. The minimum absolute atomic E-state index is 0.317. The summed E-state index contributed by atoms with van der Waals surface area (Å²) in [6.45, 7) is 1.93. The Labute approximate surface area is 85.2 Å². The van der Waals surface area contributed by atoms with Crippen molar-refractivity contribution >= 4 is 22.7 Å². The van der Waals surface area contributed by atoms with E-state index in [9.17, 15) is 4.79 Å². The molecule has 2 aromatic rings. The Bertz CT molecular complexity index is 533. The Morgan fingerprint density at radius 2 is 2.21 bits per heavy atom. The van der Waals surface area contributed by atoms with E-state index in [-0.39, 0.29) is 5.63 Å². The van der Waals surface area contributed by atoms with Crippen LogP contribution in [0, 0.1) is 6.92 Å². The van der Waals surface area contributed by atoms with Crippen molar-refractivity contribution in [2.75, 3.05) is 6.26 Å². The second-order valence-corrected chi connectivity index (χ2v) is 3.75. The zero-order chi connectivity index (χ0) is 10.1. The van der Waals surface area contributed by atoms with Crippen molar-refractivity contribution in [2.45, 2.75) is 12.1 Å². The molecule has 0 fully saturated rings. The highest BCUT2D eigenvalue weighted by Crippen LogP contribution is 2.15. The number of fused-ring (bicyclic) bond motifs is 1. The highest BCUT2D eigenvalue weighted by molar-refractivity contribution is 7.98. The van der Waals surface area contributed by atoms with Crippen LogP contribution < -0.4 is 5.63 Å². The van der Waals surface area contributed by atoms with Crippen LogP contribution >= 0.6 is 11.8 Å². The molecule has 0 N–H and O–H groups in total. The predicted octanol–water partition coefficient (Wildman–Crippen LogP) is 2.22. The molecule has 2 rings (SSSR count). The van der Waals surface area contributed by atoms with E-state index in [2.05, 4.69) is 4.98 Å². The van der Waals surface area contributed by atoms with Crippen molar-refractivity contribution in [3.8, 4) is 0 Å². The van der Waals surface area contributed by atoms with E-state index in [1.54, 1.807) is 6.07 Å². The minimum Gasteiger partial charge on any atom is -0.397 e. The van der Waals surface area contributed by atoms with Crippen molar-refractivity contribution in [2.24, 2.45) is 0 Å². The summed E-state index contributed by atoms with van der Waals surface area (Å²) in [6, 6.07) is 5.55. The monoisotopic (exact) mass is 207 g/mol. The lowest BCUT2D eigenvalue weighted by atomic mass is 10.2. The van der Waals surface area contributed by atoms with Crippen LogP contribution in [-0.2, 0) is 0 Å². The third-order valence-corrected chi connectivity index (χ3v) is 2.46. The molecular formula is C10H9NO2S. The maximum Gasteiger partial charge on any atom is 0.347 e. The number of thioether (sulfide) groups is 1. The molecule has 0 unspecified atom stereocenters. The summed E-state index contributed by atoms with van der Waals surface area (Å²) in [7, 11) is 0. The molecule has 0 aliphatic rings. The number of nitrogens with zero attached hydrogens (tertiary/aromatic N) is 1. The summed E-state index contributed by atoms with van der Waals surface area (Å²) in [5, 5.41) is 0.953. The third kappa shape index (κ3) is 1.53. The topological polar surface area (TPSA) is 43.1 Å². The molecule has 0 amide bonds. The number of hydrogen-bond donors (Lipinski definition) is 0. The standard InChI is InChI=1S/C10H9NO2S/c1-6-3-4-8-7(5-6)9(12)13-10(11-8)14-2/h3-5H,1-2H3. The van der Waals surface area contributed by atoms with E-state index in [1.807, 2.05) is 25.3 Å². The van der Waals surface area contributed by atoms with Crippen LogP contribution in [0.2, 0.25) is 0 Å². The lowest BCUT2D eigenvalue weighted by molar-refractivity contribution is 0.401. The second-order valence-electron chi connectivity index (χ2n) is 2.99. The third-order valence-electron chi connectivity index (χ3n) is 1.94. The predicted molar refractivity (Wildman–Crippen MR) is 56.8 cm³/mol. The molecule has 0 spiro atoms. The smallest absolute Gasteiger partial charge is 0.347 e. The average Bonchev–Trinajstić information content (AvgIpc) is 2.19. The number of hydrogen-bond acceptors (Lipinski definition) is 4. The first-order valence-corrected chi connectivity index (χ1v) is 5.38. The van der Waals surface area contributed by atoms with Crippen LogP contribution in [0.5, 0.6) is 0 Å². The largest absolute Gasteiger partial charge is 0.397 e. The summed E-state index contributed by atoms with van der Waals surface area (Å²) in [6.07, 6.45) is 1.82. The lowest BCUT2D eigenvalue weighted by Gasteiger charge is -1.98. The molecule has 1 aromatic heterocycles. The van der Waals surface area contributed by atoms with Gasteiger partial charge in [0.15, 0.2) is 0 Å². The molecule has 0 aliphatic carbocycles. The van der Waals surface area contributed by atoms with Gasteiger partial charge in [-0.05, 0) is 25.3 Å². The molecule has 72 valence electrons. The molecule has 0 saturated heterocycles. The molecule has 0 aliphatic heterocycles. The highest BCUT2D eigenvalue weighted by Gasteiger charge is 2.04. The lowest BCUT2D eigenvalue weighted by Crippen LogP contribution is -2.02. The van der Waals surface area contributed by atoms with Gasteiger partial charge >= 0.3 is 5.63 Å². The van der Waals surface area contributed by atoms with Crippen molar-refractivity contribution in [3.63, 3.8) is 0 Å². The van der Waals surface area contributed by atoms with Gasteiger partial charge in [-0.3, -0.25) is 0 Å². The maximum absolute atomic E-state index is 11.5. The fourth-order valence-corrected chi connectivity index (χ4v) is 1.60. The van der Waals surface area contributed by atoms with Crippen LogP contribution in [0.25, 0.3) is 10.9 Å². The van der Waals surface area contributed by atoms with Gasteiger partial charge in [-0.25, -0.2) is 9.78 Å². The quantitative estimate of drug-likeness (QED) is 0.672.